The molecular formula is C25H21ClF3N5O2. The minimum Gasteiger partial charge on any atom is -0.497 e. The maximum Gasteiger partial charge on any atom is 0.433 e. The van der Waals surface area contributed by atoms with Gasteiger partial charge in [-0.25, -0.2) is 9.50 Å². The monoisotopic (exact) mass is 515 g/mol. The molecular weight excluding hydrogens is 495 g/mol. The number of hydrogen-bond acceptors (Lipinski definition) is 5. The summed E-state index contributed by atoms with van der Waals surface area (Å²) in [6.07, 6.45) is -4.75. The van der Waals surface area contributed by atoms with Crippen LogP contribution in [0, 0.1) is 0 Å². The summed E-state index contributed by atoms with van der Waals surface area (Å²) in [6.45, 7) is 1.92. The summed E-state index contributed by atoms with van der Waals surface area (Å²) in [5.74, 6) is 0.0239. The van der Waals surface area contributed by atoms with Crippen molar-refractivity contribution in [3.63, 3.8) is 0 Å². The van der Waals surface area contributed by atoms with Crippen LogP contribution in [0.15, 0.2) is 60.7 Å². The summed E-state index contributed by atoms with van der Waals surface area (Å²) in [4.78, 5) is 21.3. The van der Waals surface area contributed by atoms with Gasteiger partial charge in [-0.2, -0.15) is 18.3 Å². The first kappa shape index (κ1) is 23.9. The highest BCUT2D eigenvalue weighted by molar-refractivity contribution is 6.36. The van der Waals surface area contributed by atoms with Crippen molar-refractivity contribution in [2.24, 2.45) is 0 Å². The van der Waals surface area contributed by atoms with Gasteiger partial charge in [0.2, 0.25) is 0 Å². The predicted molar refractivity (Wildman–Crippen MR) is 130 cm³/mol. The minimum absolute atomic E-state index is 0.0507. The lowest BCUT2D eigenvalue weighted by Gasteiger charge is -2.35. The van der Waals surface area contributed by atoms with Gasteiger partial charge in [0.15, 0.2) is 17.0 Å². The highest BCUT2D eigenvalue weighted by atomic mass is 35.5. The third-order valence-electron chi connectivity index (χ3n) is 6.10. The Labute approximate surface area is 209 Å². The van der Waals surface area contributed by atoms with Crippen molar-refractivity contribution >= 4 is 28.8 Å². The molecule has 3 heterocycles. The number of anilines is 1. The summed E-state index contributed by atoms with van der Waals surface area (Å²) in [5, 5.41) is 3.75. The van der Waals surface area contributed by atoms with E-state index in [1.165, 1.54) is 7.11 Å². The Morgan fingerprint density at radius 2 is 1.67 bits per heavy atom. The topological polar surface area (TPSA) is 63.0 Å². The maximum atomic E-state index is 14.0. The van der Waals surface area contributed by atoms with E-state index in [0.29, 0.717) is 42.0 Å². The molecule has 1 amide bonds. The van der Waals surface area contributed by atoms with Gasteiger partial charge in [0.1, 0.15) is 10.8 Å². The number of amides is 1. The molecule has 1 saturated heterocycles. The molecule has 1 aliphatic rings. The molecule has 0 N–H and O–H groups in total. The number of nitrogens with zero attached hydrogens (tertiary/aromatic N) is 5. The molecule has 0 unspecified atom stereocenters. The van der Waals surface area contributed by atoms with Crippen molar-refractivity contribution < 1.29 is 22.7 Å². The number of hydrogen-bond donors (Lipinski definition) is 0. The van der Waals surface area contributed by atoms with Crippen molar-refractivity contribution in [3.05, 3.63) is 77.1 Å². The SMILES string of the molecule is COc1ccc(-c2cc(C(F)(F)F)n3nc(C(=O)N4CCN(c5ccccc5)CC4)c(Cl)c3n2)cc1. The van der Waals surface area contributed by atoms with E-state index in [2.05, 4.69) is 15.0 Å². The molecule has 36 heavy (non-hydrogen) atoms. The van der Waals surface area contributed by atoms with Crippen LogP contribution in [0.25, 0.3) is 16.9 Å². The van der Waals surface area contributed by atoms with E-state index in [1.807, 2.05) is 30.3 Å². The van der Waals surface area contributed by atoms with Crippen LogP contribution in [0.1, 0.15) is 16.2 Å². The van der Waals surface area contributed by atoms with Crippen molar-refractivity contribution in [1.29, 1.82) is 0 Å². The first-order valence-corrected chi connectivity index (χ1v) is 11.5. The predicted octanol–water partition coefficient (Wildman–Crippen LogP) is 5.04. The number of para-hydroxylation sites is 1. The fourth-order valence-electron chi connectivity index (χ4n) is 4.20. The van der Waals surface area contributed by atoms with Crippen LogP contribution < -0.4 is 9.64 Å². The Kier molecular flexibility index (Phi) is 6.21. The van der Waals surface area contributed by atoms with E-state index in [4.69, 9.17) is 16.3 Å². The number of benzene rings is 2. The molecule has 1 fully saturated rings. The van der Waals surface area contributed by atoms with E-state index < -0.39 is 17.8 Å². The van der Waals surface area contributed by atoms with Gasteiger partial charge in [-0.1, -0.05) is 29.8 Å². The second-order valence-corrected chi connectivity index (χ2v) is 8.64. The van der Waals surface area contributed by atoms with Gasteiger partial charge in [-0.15, -0.1) is 0 Å². The third-order valence-corrected chi connectivity index (χ3v) is 6.45. The van der Waals surface area contributed by atoms with E-state index in [1.54, 1.807) is 29.2 Å². The molecule has 0 aliphatic carbocycles. The number of rotatable bonds is 4. The molecule has 11 heteroatoms. The maximum absolute atomic E-state index is 14.0. The number of aromatic nitrogens is 3. The van der Waals surface area contributed by atoms with Gasteiger partial charge in [-0.05, 0) is 42.5 Å². The van der Waals surface area contributed by atoms with Crippen molar-refractivity contribution in [3.8, 4) is 17.0 Å². The lowest BCUT2D eigenvalue weighted by Crippen LogP contribution is -2.49. The van der Waals surface area contributed by atoms with Gasteiger partial charge in [0.05, 0.1) is 12.8 Å². The molecule has 2 aromatic carbocycles. The molecule has 0 bridgehead atoms. The van der Waals surface area contributed by atoms with E-state index in [-0.39, 0.29) is 22.1 Å². The molecule has 2 aromatic heterocycles. The van der Waals surface area contributed by atoms with E-state index in [9.17, 15) is 18.0 Å². The number of ether oxygens (including phenoxy) is 1. The van der Waals surface area contributed by atoms with Gasteiger partial charge in [0, 0.05) is 37.4 Å². The molecule has 7 nitrogen and oxygen atoms in total. The Hall–Kier alpha value is -3.79. The lowest BCUT2D eigenvalue weighted by atomic mass is 10.1. The number of methoxy groups -OCH3 is 1. The van der Waals surface area contributed by atoms with Crippen molar-refractivity contribution in [2.75, 3.05) is 38.2 Å². The molecule has 1 aliphatic heterocycles. The highest BCUT2D eigenvalue weighted by Gasteiger charge is 2.37. The fraction of sp³-hybridized carbons (Fsp3) is 0.240. The molecule has 0 saturated carbocycles. The summed E-state index contributed by atoms with van der Waals surface area (Å²) >= 11 is 6.43. The molecule has 0 radical (unpaired) electrons. The summed E-state index contributed by atoms with van der Waals surface area (Å²) in [6, 6.07) is 17.1. The van der Waals surface area contributed by atoms with Gasteiger partial charge < -0.3 is 14.5 Å². The molecule has 4 aromatic rings. The van der Waals surface area contributed by atoms with Crippen LogP contribution in [-0.2, 0) is 6.18 Å². The van der Waals surface area contributed by atoms with Crippen molar-refractivity contribution in [1.82, 2.24) is 19.5 Å². The normalized spacial score (nSPS) is 14.4. The molecule has 186 valence electrons. The number of piperazine rings is 1. The van der Waals surface area contributed by atoms with E-state index in [0.717, 1.165) is 11.8 Å². The van der Waals surface area contributed by atoms with Gasteiger partial charge >= 0.3 is 6.18 Å². The summed E-state index contributed by atoms with van der Waals surface area (Å²) < 4.78 is 47.7. The average Bonchev–Trinajstić information content (AvgIpc) is 3.24. The Balaban J connectivity index is 1.48. The molecule has 5 rings (SSSR count). The van der Waals surface area contributed by atoms with E-state index >= 15 is 0 Å². The van der Waals surface area contributed by atoms with Crippen molar-refractivity contribution in [2.45, 2.75) is 6.18 Å². The second-order valence-electron chi connectivity index (χ2n) is 8.27. The number of fused-ring (bicyclic) bond motifs is 1. The Morgan fingerprint density at radius 3 is 2.28 bits per heavy atom. The van der Waals surface area contributed by atoms with Crippen LogP contribution in [0.2, 0.25) is 5.02 Å². The molecule has 0 spiro atoms. The zero-order valence-electron chi connectivity index (χ0n) is 19.2. The van der Waals surface area contributed by atoms with Crippen LogP contribution in [-0.4, -0.2) is 58.7 Å². The van der Waals surface area contributed by atoms with Crippen LogP contribution in [0.3, 0.4) is 0 Å². The minimum atomic E-state index is -4.75. The van der Waals surface area contributed by atoms with Crippen LogP contribution in [0.4, 0.5) is 18.9 Å². The third kappa shape index (κ3) is 4.44. The average molecular weight is 516 g/mol. The number of carbonyl (C=O) groups excluding carboxylic acids is 1. The lowest BCUT2D eigenvalue weighted by molar-refractivity contribution is -0.142. The smallest absolute Gasteiger partial charge is 0.433 e. The van der Waals surface area contributed by atoms with Gasteiger partial charge in [0.25, 0.3) is 5.91 Å². The highest BCUT2D eigenvalue weighted by Crippen LogP contribution is 2.35. The van der Waals surface area contributed by atoms with Crippen LogP contribution >= 0.6 is 11.6 Å². The number of alkyl halides is 3. The fourth-order valence-corrected chi connectivity index (χ4v) is 4.44. The second kappa shape index (κ2) is 9.34. The zero-order valence-corrected chi connectivity index (χ0v) is 19.9. The Bertz CT molecular complexity index is 1400. The summed E-state index contributed by atoms with van der Waals surface area (Å²) in [7, 11) is 1.49. The standard InChI is InChI=1S/C25H21ClF3N5O2/c1-36-18-9-7-16(8-10-18)19-15-20(25(27,28)29)34-23(30-19)21(26)22(31-34)24(35)33-13-11-32(12-14-33)17-5-3-2-4-6-17/h2-10,15H,11-14H2,1H3. The number of halogens is 4. The molecule has 0 atom stereocenters. The number of carbonyl (C=O) groups is 1. The Morgan fingerprint density at radius 1 is 1.00 bits per heavy atom. The van der Waals surface area contributed by atoms with Gasteiger partial charge in [-0.3, -0.25) is 4.79 Å². The van der Waals surface area contributed by atoms with Crippen LogP contribution in [0.5, 0.6) is 5.75 Å². The first-order chi connectivity index (χ1) is 17.3. The zero-order chi connectivity index (χ0) is 25.4. The first-order valence-electron chi connectivity index (χ1n) is 11.2. The largest absolute Gasteiger partial charge is 0.497 e. The quantitative estimate of drug-likeness (QED) is 0.381. The summed E-state index contributed by atoms with van der Waals surface area (Å²) in [5.41, 5.74) is -0.0346.